The molecule has 6 heteroatoms. The minimum atomic E-state index is 0.436. The maximum absolute atomic E-state index is 4.62. The summed E-state index contributed by atoms with van der Waals surface area (Å²) in [6, 6.07) is 10.5. The van der Waals surface area contributed by atoms with Crippen molar-refractivity contribution < 1.29 is 0 Å². The second-order valence-corrected chi connectivity index (χ2v) is 6.04. The largest absolute Gasteiger partial charge is 0.290 e. The first-order valence-corrected chi connectivity index (χ1v) is 7.99. The van der Waals surface area contributed by atoms with Crippen molar-refractivity contribution in [3.05, 3.63) is 60.2 Å². The van der Waals surface area contributed by atoms with E-state index in [1.54, 1.807) is 4.80 Å². The molecule has 3 aromatic rings. The lowest BCUT2D eigenvalue weighted by Gasteiger charge is -2.22. The van der Waals surface area contributed by atoms with Crippen molar-refractivity contribution >= 4 is 0 Å². The van der Waals surface area contributed by atoms with Gasteiger partial charge in [-0.25, -0.2) is 0 Å². The van der Waals surface area contributed by atoms with Gasteiger partial charge in [-0.05, 0) is 31.5 Å². The zero-order valence-electron chi connectivity index (χ0n) is 13.2. The molecule has 3 heterocycles. The summed E-state index contributed by atoms with van der Waals surface area (Å²) in [4.78, 5) is 4.17. The number of hydrogen-bond donors (Lipinski definition) is 0. The molecule has 4 rings (SSSR count). The van der Waals surface area contributed by atoms with Crippen LogP contribution in [0.25, 0.3) is 5.69 Å². The highest BCUT2D eigenvalue weighted by molar-refractivity contribution is 5.28. The number of aromatic nitrogens is 5. The first-order valence-electron chi connectivity index (χ1n) is 7.99. The molecule has 0 bridgehead atoms. The molecule has 0 N–H and O–H groups in total. The van der Waals surface area contributed by atoms with E-state index in [9.17, 15) is 0 Å². The van der Waals surface area contributed by atoms with Crippen molar-refractivity contribution in [1.82, 2.24) is 29.7 Å². The molecule has 1 aliphatic heterocycles. The summed E-state index contributed by atoms with van der Waals surface area (Å²) in [6.07, 6.45) is 8.35. The van der Waals surface area contributed by atoms with E-state index in [1.165, 1.54) is 18.4 Å². The molecule has 1 atom stereocenters. The Balaban J connectivity index is 1.50. The predicted molar refractivity (Wildman–Crippen MR) is 87.0 cm³/mol. The van der Waals surface area contributed by atoms with Crippen LogP contribution in [0.4, 0.5) is 0 Å². The molecule has 23 heavy (non-hydrogen) atoms. The molecule has 0 saturated carbocycles. The molecule has 6 nitrogen and oxygen atoms in total. The van der Waals surface area contributed by atoms with Crippen LogP contribution in [0.3, 0.4) is 0 Å². The number of rotatable bonds is 4. The SMILES string of the molecule is Cn1cc([C@@H]2CCCN2Cc2cnn(-c3ccccc3)n2)cn1. The minimum absolute atomic E-state index is 0.436. The first-order chi connectivity index (χ1) is 11.3. The van der Waals surface area contributed by atoms with E-state index in [2.05, 4.69) is 26.4 Å². The van der Waals surface area contributed by atoms with Gasteiger partial charge < -0.3 is 0 Å². The molecule has 118 valence electrons. The molecule has 1 aromatic carbocycles. The summed E-state index contributed by atoms with van der Waals surface area (Å²) >= 11 is 0. The summed E-state index contributed by atoms with van der Waals surface area (Å²) in [5.74, 6) is 0. The van der Waals surface area contributed by atoms with E-state index in [0.717, 1.165) is 24.5 Å². The van der Waals surface area contributed by atoms with Crippen LogP contribution in [-0.4, -0.2) is 36.2 Å². The van der Waals surface area contributed by atoms with Crippen molar-refractivity contribution in [1.29, 1.82) is 0 Å². The Labute approximate surface area is 135 Å². The highest BCUT2D eigenvalue weighted by Gasteiger charge is 2.27. The summed E-state index contributed by atoms with van der Waals surface area (Å²) in [5, 5.41) is 13.3. The molecule has 1 saturated heterocycles. The Morgan fingerprint density at radius 1 is 1.13 bits per heavy atom. The molecule has 0 spiro atoms. The molecule has 0 amide bonds. The summed E-state index contributed by atoms with van der Waals surface area (Å²) in [7, 11) is 1.97. The second kappa shape index (κ2) is 5.96. The van der Waals surface area contributed by atoms with Gasteiger partial charge in [0.05, 0.1) is 23.8 Å². The lowest BCUT2D eigenvalue weighted by atomic mass is 10.1. The molecular formula is C17H20N6. The van der Waals surface area contributed by atoms with Crippen molar-refractivity contribution in [3.8, 4) is 5.69 Å². The van der Waals surface area contributed by atoms with Crippen molar-refractivity contribution in [2.24, 2.45) is 7.05 Å². The second-order valence-electron chi connectivity index (χ2n) is 6.04. The van der Waals surface area contributed by atoms with Crippen LogP contribution in [0, 0.1) is 0 Å². The van der Waals surface area contributed by atoms with E-state index in [-0.39, 0.29) is 0 Å². The van der Waals surface area contributed by atoms with Crippen molar-refractivity contribution in [2.75, 3.05) is 6.54 Å². The minimum Gasteiger partial charge on any atom is -0.290 e. The van der Waals surface area contributed by atoms with E-state index < -0.39 is 0 Å². The third-order valence-corrected chi connectivity index (χ3v) is 4.36. The first kappa shape index (κ1) is 14.1. The number of nitrogens with zero attached hydrogens (tertiary/aromatic N) is 6. The molecular weight excluding hydrogens is 288 g/mol. The van der Waals surface area contributed by atoms with Gasteiger partial charge >= 0.3 is 0 Å². The van der Waals surface area contributed by atoms with Gasteiger partial charge in [0.25, 0.3) is 0 Å². The fourth-order valence-electron chi connectivity index (χ4n) is 3.27. The van der Waals surface area contributed by atoms with Crippen LogP contribution in [0.1, 0.15) is 30.1 Å². The Morgan fingerprint density at radius 2 is 2.00 bits per heavy atom. The molecule has 1 aliphatic rings. The van der Waals surface area contributed by atoms with Crippen molar-refractivity contribution in [2.45, 2.75) is 25.4 Å². The summed E-state index contributed by atoms with van der Waals surface area (Å²) < 4.78 is 1.87. The third kappa shape index (κ3) is 2.90. The molecule has 2 aromatic heterocycles. The number of aryl methyl sites for hydroxylation is 1. The highest BCUT2D eigenvalue weighted by Crippen LogP contribution is 2.32. The topological polar surface area (TPSA) is 51.8 Å². The van der Waals surface area contributed by atoms with Gasteiger partial charge in [0, 0.05) is 31.4 Å². The number of benzene rings is 1. The number of likely N-dealkylation sites (tertiary alicyclic amines) is 1. The molecule has 0 unspecified atom stereocenters. The number of hydrogen-bond acceptors (Lipinski definition) is 4. The number of para-hydroxylation sites is 1. The standard InChI is InChI=1S/C17H20N6/c1-21-12-14(10-18-21)17-8-5-9-22(17)13-15-11-19-23(20-15)16-6-3-2-4-7-16/h2-4,6-7,10-12,17H,5,8-9,13H2,1H3/t17-/m0/s1. The zero-order chi connectivity index (χ0) is 15.6. The maximum atomic E-state index is 4.62. The quantitative estimate of drug-likeness (QED) is 0.742. The van der Waals surface area contributed by atoms with Crippen LogP contribution >= 0.6 is 0 Å². The molecule has 0 radical (unpaired) electrons. The molecule has 0 aliphatic carbocycles. The lowest BCUT2D eigenvalue weighted by Crippen LogP contribution is -2.22. The fraction of sp³-hybridized carbons (Fsp3) is 0.353. The van der Waals surface area contributed by atoms with Gasteiger partial charge in [-0.3, -0.25) is 9.58 Å². The maximum Gasteiger partial charge on any atom is 0.0972 e. The van der Waals surface area contributed by atoms with Crippen LogP contribution in [0.2, 0.25) is 0 Å². The van der Waals surface area contributed by atoms with Gasteiger partial charge in [-0.15, -0.1) is 0 Å². The van der Waals surface area contributed by atoms with Crippen LogP contribution in [0.15, 0.2) is 48.9 Å². The van der Waals surface area contributed by atoms with E-state index in [0.29, 0.717) is 6.04 Å². The van der Waals surface area contributed by atoms with Gasteiger partial charge in [-0.2, -0.15) is 20.1 Å². The van der Waals surface area contributed by atoms with Gasteiger partial charge in [0.1, 0.15) is 0 Å². The Morgan fingerprint density at radius 3 is 2.78 bits per heavy atom. The third-order valence-electron chi connectivity index (χ3n) is 4.36. The van der Waals surface area contributed by atoms with Crippen LogP contribution < -0.4 is 0 Å². The smallest absolute Gasteiger partial charge is 0.0972 e. The highest BCUT2D eigenvalue weighted by atomic mass is 15.5. The summed E-state index contributed by atoms with van der Waals surface area (Å²) in [6.45, 7) is 1.92. The Bertz CT molecular complexity index is 775. The Kier molecular flexibility index (Phi) is 3.67. The normalized spacial score (nSPS) is 18.6. The van der Waals surface area contributed by atoms with Crippen molar-refractivity contribution in [3.63, 3.8) is 0 Å². The predicted octanol–water partition coefficient (Wildman–Crippen LogP) is 2.34. The van der Waals surface area contributed by atoms with E-state index in [4.69, 9.17) is 0 Å². The van der Waals surface area contributed by atoms with Gasteiger partial charge in [0.2, 0.25) is 0 Å². The van der Waals surface area contributed by atoms with Crippen LogP contribution in [0.5, 0.6) is 0 Å². The van der Waals surface area contributed by atoms with Crippen LogP contribution in [-0.2, 0) is 13.6 Å². The Hall–Kier alpha value is -2.47. The zero-order valence-corrected chi connectivity index (χ0v) is 13.2. The lowest BCUT2D eigenvalue weighted by molar-refractivity contribution is 0.245. The average Bonchev–Trinajstić information content (AvgIpc) is 3.29. The van der Waals surface area contributed by atoms with Gasteiger partial charge in [0.15, 0.2) is 0 Å². The molecule has 1 fully saturated rings. The van der Waals surface area contributed by atoms with E-state index in [1.807, 2.05) is 54.5 Å². The average molecular weight is 308 g/mol. The summed E-state index contributed by atoms with van der Waals surface area (Å²) in [5.41, 5.74) is 3.29. The van der Waals surface area contributed by atoms with E-state index >= 15 is 0 Å². The van der Waals surface area contributed by atoms with Gasteiger partial charge in [-0.1, -0.05) is 18.2 Å². The fourth-order valence-corrected chi connectivity index (χ4v) is 3.27. The monoisotopic (exact) mass is 308 g/mol.